The van der Waals surface area contributed by atoms with Crippen LogP contribution in [0.1, 0.15) is 0 Å². The Balaban J connectivity index is 0.000000640. The second kappa shape index (κ2) is 4.37. The van der Waals surface area contributed by atoms with Gasteiger partial charge in [0, 0.05) is 37.5 Å². The molecule has 0 bridgehead atoms. The molecule has 1 atom stereocenters. The Hall–Kier alpha value is 0.543. The molecule has 0 amide bonds. The average Bonchev–Trinajstić information content (AvgIpc) is 1.77. The van der Waals surface area contributed by atoms with E-state index in [0.717, 1.165) is 0 Å². The van der Waals surface area contributed by atoms with E-state index >= 15 is 0 Å². The number of rotatable bonds is 0. The molecule has 46 valence electrons. The summed E-state index contributed by atoms with van der Waals surface area (Å²) in [4.78, 5) is 0. The molecule has 0 saturated carbocycles. The second-order valence-electron chi connectivity index (χ2n) is 1.48. The standard InChI is InChI=1S/C5H6ClNS.Zn/c6-7-4-2-1-3-5(7)8;/h1-5,8H;. The molecule has 0 aliphatic carbocycles. The Morgan fingerprint density at radius 2 is 2.11 bits per heavy atom. The number of allylic oxidation sites excluding steroid dienone is 2. The van der Waals surface area contributed by atoms with Crippen molar-refractivity contribution in [2.75, 3.05) is 0 Å². The van der Waals surface area contributed by atoms with Crippen LogP contribution in [0.3, 0.4) is 0 Å². The van der Waals surface area contributed by atoms with Gasteiger partial charge in [0.15, 0.2) is 0 Å². The summed E-state index contributed by atoms with van der Waals surface area (Å²) < 4.78 is 1.50. The monoisotopic (exact) mass is 211 g/mol. The number of nitrogens with zero attached hydrogens (tertiary/aromatic N) is 1. The fourth-order valence-corrected chi connectivity index (χ4v) is 0.772. The molecule has 0 aromatic carbocycles. The number of hydrogen-bond donors (Lipinski definition) is 1. The van der Waals surface area contributed by atoms with Crippen molar-refractivity contribution in [1.82, 2.24) is 4.42 Å². The molecule has 0 radical (unpaired) electrons. The molecule has 1 unspecified atom stereocenters. The zero-order valence-corrected chi connectivity index (χ0v) is 9.48. The number of thiol groups is 1. The Kier molecular flexibility index (Phi) is 4.64. The number of halogens is 1. The van der Waals surface area contributed by atoms with Crippen LogP contribution in [-0.4, -0.2) is 9.79 Å². The Bertz CT molecular complexity index is 121. The normalized spacial score (nSPS) is 23.8. The van der Waals surface area contributed by atoms with Crippen molar-refractivity contribution in [2.24, 2.45) is 0 Å². The van der Waals surface area contributed by atoms with Crippen LogP contribution < -0.4 is 0 Å². The maximum Gasteiger partial charge on any atom is 0.106 e. The van der Waals surface area contributed by atoms with Gasteiger partial charge in [-0.3, -0.25) is 4.42 Å². The maximum atomic E-state index is 5.59. The SMILES string of the molecule is SC1C=CC=CN1Cl.[Zn]. The van der Waals surface area contributed by atoms with Crippen LogP contribution in [0.25, 0.3) is 0 Å². The molecule has 1 nitrogen and oxygen atoms in total. The summed E-state index contributed by atoms with van der Waals surface area (Å²) >= 11 is 9.70. The Labute approximate surface area is 78.0 Å². The van der Waals surface area contributed by atoms with Gasteiger partial charge in [0.2, 0.25) is 0 Å². The molecule has 0 aromatic heterocycles. The third-order valence-electron chi connectivity index (χ3n) is 0.876. The molecule has 0 spiro atoms. The molecule has 0 fully saturated rings. The van der Waals surface area contributed by atoms with Crippen LogP contribution in [0.5, 0.6) is 0 Å². The summed E-state index contributed by atoms with van der Waals surface area (Å²) in [6, 6.07) is 0. The van der Waals surface area contributed by atoms with Crippen LogP contribution >= 0.6 is 24.4 Å². The van der Waals surface area contributed by atoms with E-state index < -0.39 is 0 Å². The van der Waals surface area contributed by atoms with E-state index in [9.17, 15) is 0 Å². The smallest absolute Gasteiger partial charge is 0.106 e. The fourth-order valence-electron chi connectivity index (χ4n) is 0.466. The summed E-state index contributed by atoms with van der Waals surface area (Å²) in [5.74, 6) is 0. The third kappa shape index (κ3) is 2.75. The zero-order valence-electron chi connectivity index (χ0n) is 4.87. The maximum absolute atomic E-state index is 5.59. The quantitative estimate of drug-likeness (QED) is 0.364. The van der Waals surface area contributed by atoms with Crippen molar-refractivity contribution < 1.29 is 19.5 Å². The van der Waals surface area contributed by atoms with Gasteiger partial charge in [0.1, 0.15) is 5.37 Å². The summed E-state index contributed by atoms with van der Waals surface area (Å²) in [6.45, 7) is 0. The van der Waals surface area contributed by atoms with Gasteiger partial charge in [-0.2, -0.15) is 0 Å². The topological polar surface area (TPSA) is 3.24 Å². The van der Waals surface area contributed by atoms with Gasteiger partial charge >= 0.3 is 0 Å². The van der Waals surface area contributed by atoms with E-state index in [0.29, 0.717) is 0 Å². The van der Waals surface area contributed by atoms with E-state index in [1.807, 2.05) is 18.2 Å². The molecule has 1 aliphatic rings. The van der Waals surface area contributed by atoms with Gasteiger partial charge < -0.3 is 0 Å². The summed E-state index contributed by atoms with van der Waals surface area (Å²) in [7, 11) is 0. The van der Waals surface area contributed by atoms with E-state index in [-0.39, 0.29) is 24.9 Å². The van der Waals surface area contributed by atoms with Gasteiger partial charge in [0.05, 0.1) is 0 Å². The summed E-state index contributed by atoms with van der Waals surface area (Å²) in [6.07, 6.45) is 7.44. The molecular formula is C5H6ClNSZn. The van der Waals surface area contributed by atoms with Crippen molar-refractivity contribution in [1.29, 1.82) is 0 Å². The van der Waals surface area contributed by atoms with Crippen LogP contribution in [0.4, 0.5) is 0 Å². The minimum absolute atomic E-state index is 0. The van der Waals surface area contributed by atoms with Crippen molar-refractivity contribution >= 4 is 24.4 Å². The largest absolute Gasteiger partial charge is 0.276 e. The predicted octanol–water partition coefficient (Wildman–Crippen LogP) is 1.78. The van der Waals surface area contributed by atoms with Crippen LogP contribution in [0.15, 0.2) is 24.4 Å². The van der Waals surface area contributed by atoms with Crippen LogP contribution in [-0.2, 0) is 19.5 Å². The van der Waals surface area contributed by atoms with Crippen molar-refractivity contribution in [3.63, 3.8) is 0 Å². The minimum atomic E-state index is 0. The molecule has 0 saturated heterocycles. The van der Waals surface area contributed by atoms with Crippen molar-refractivity contribution in [3.05, 3.63) is 24.4 Å². The van der Waals surface area contributed by atoms with Gasteiger partial charge in [0.25, 0.3) is 0 Å². The summed E-state index contributed by atoms with van der Waals surface area (Å²) in [5, 5.41) is 0.0293. The molecule has 9 heavy (non-hydrogen) atoms. The molecule has 0 N–H and O–H groups in total. The van der Waals surface area contributed by atoms with Gasteiger partial charge in [-0.15, -0.1) is 12.6 Å². The first-order valence-electron chi connectivity index (χ1n) is 2.28. The molecule has 1 heterocycles. The minimum Gasteiger partial charge on any atom is -0.276 e. The fraction of sp³-hybridized carbons (Fsp3) is 0.200. The average molecular weight is 213 g/mol. The Morgan fingerprint density at radius 1 is 1.44 bits per heavy atom. The number of hydrogen-bond acceptors (Lipinski definition) is 2. The molecule has 1 rings (SSSR count). The van der Waals surface area contributed by atoms with E-state index in [2.05, 4.69) is 12.6 Å². The van der Waals surface area contributed by atoms with Gasteiger partial charge in [-0.25, -0.2) is 0 Å². The zero-order chi connectivity index (χ0) is 5.98. The first-order valence-corrected chi connectivity index (χ1v) is 3.13. The van der Waals surface area contributed by atoms with Gasteiger partial charge in [-0.05, 0) is 6.08 Å². The third-order valence-corrected chi connectivity index (χ3v) is 1.76. The second-order valence-corrected chi connectivity index (χ2v) is 2.40. The van der Waals surface area contributed by atoms with Gasteiger partial charge in [-0.1, -0.05) is 12.2 Å². The first kappa shape index (κ1) is 9.54. The van der Waals surface area contributed by atoms with E-state index in [1.54, 1.807) is 6.20 Å². The van der Waals surface area contributed by atoms with Crippen molar-refractivity contribution in [2.45, 2.75) is 5.37 Å². The first-order chi connectivity index (χ1) is 3.80. The molecular weight excluding hydrogens is 207 g/mol. The van der Waals surface area contributed by atoms with E-state index in [1.165, 1.54) is 4.42 Å². The molecule has 4 heteroatoms. The van der Waals surface area contributed by atoms with E-state index in [4.69, 9.17) is 11.8 Å². The van der Waals surface area contributed by atoms with Crippen LogP contribution in [0.2, 0.25) is 0 Å². The van der Waals surface area contributed by atoms with Crippen LogP contribution in [0, 0.1) is 0 Å². The van der Waals surface area contributed by atoms with Crippen molar-refractivity contribution in [3.8, 4) is 0 Å². The molecule has 1 aliphatic heterocycles. The Morgan fingerprint density at radius 3 is 2.44 bits per heavy atom. The summed E-state index contributed by atoms with van der Waals surface area (Å²) in [5.41, 5.74) is 0. The predicted molar refractivity (Wildman–Crippen MR) is 38.7 cm³/mol. The molecule has 0 aromatic rings.